The van der Waals surface area contributed by atoms with Gasteiger partial charge in [-0.2, -0.15) is 46.7 Å². The van der Waals surface area contributed by atoms with E-state index in [0.717, 1.165) is 0 Å². The fourth-order valence-corrected chi connectivity index (χ4v) is 7.87. The Kier molecular flexibility index (Phi) is 15.6. The monoisotopic (exact) mass is 916 g/mol. The molecule has 0 aliphatic rings. The summed E-state index contributed by atoms with van der Waals surface area (Å²) in [5.74, 6) is -0.330. The van der Waals surface area contributed by atoms with E-state index >= 15 is 0 Å². The molecule has 0 spiro atoms. The zero-order valence-electron chi connectivity index (χ0n) is 33.8. The lowest BCUT2D eigenvalue weighted by atomic mass is 10.1. The molecule has 64 heavy (non-hydrogen) atoms. The molecule has 0 unspecified atom stereocenters. The minimum absolute atomic E-state index is 0.0134. The minimum atomic E-state index is -5.05. The van der Waals surface area contributed by atoms with Crippen LogP contribution in [0.3, 0.4) is 0 Å². The molecular weight excluding hydrogens is 873 g/mol. The van der Waals surface area contributed by atoms with Gasteiger partial charge >= 0.3 is 0 Å². The first-order chi connectivity index (χ1) is 30.8. The first-order valence-electron chi connectivity index (χ1n) is 19.3. The Hall–Kier alpha value is -6.90. The second kappa shape index (κ2) is 21.5. The summed E-state index contributed by atoms with van der Waals surface area (Å²) in [7, 11) is -10.1. The standard InChI is InChI=1S/C40H44N12O10S2/c53-23-19-51(20-24-54)39-47-35(41-29-11-3-1-4-12-29)45-37(49-39)43-31-15-7-9-27(33(31)63(57,58)59)17-18-28-10-8-16-32(34(28)64(60,61)62)44-38-46-36(42-30-13-5-2-6-14-30)48-40(50-38)52(21-25-55)22-26-56/h1-18,53-56H,19-26H2,(H,57,58,59)(H,60,61,62)(H2,41,43,45,47,49)(H2,42,44,46,48,50)/b18-17+. The van der Waals surface area contributed by atoms with Gasteiger partial charge in [-0.25, -0.2) is 0 Å². The number of para-hydroxylation sites is 2. The van der Waals surface area contributed by atoms with Crippen LogP contribution in [0.5, 0.6) is 0 Å². The quantitative estimate of drug-likeness (QED) is 0.0345. The number of hydrogen-bond donors (Lipinski definition) is 10. The third-order valence-electron chi connectivity index (χ3n) is 8.89. The SMILES string of the molecule is O=S(=O)(O)c1c(/C=C/c2cccc(Nc3nc(Nc4ccccc4)nc(N(CCO)CCO)n3)c2S(=O)(=O)O)cccc1Nc1nc(Nc2ccccc2)nc(N(CCO)CCO)n1. The largest absolute Gasteiger partial charge is 0.395 e. The maximum atomic E-state index is 13.1. The predicted molar refractivity (Wildman–Crippen MR) is 240 cm³/mol. The van der Waals surface area contributed by atoms with Gasteiger partial charge in [-0.15, -0.1) is 0 Å². The van der Waals surface area contributed by atoms with Crippen molar-refractivity contribution in [1.82, 2.24) is 29.9 Å². The Morgan fingerprint density at radius 2 is 0.766 bits per heavy atom. The molecule has 0 amide bonds. The van der Waals surface area contributed by atoms with Crippen molar-refractivity contribution in [3.05, 3.63) is 108 Å². The average Bonchev–Trinajstić information content (AvgIpc) is 3.25. The van der Waals surface area contributed by atoms with Gasteiger partial charge in [0.05, 0.1) is 37.8 Å². The second-order valence-corrected chi connectivity index (χ2v) is 16.1. The van der Waals surface area contributed by atoms with Crippen LogP contribution in [0.1, 0.15) is 11.1 Å². The number of nitrogens with one attached hydrogen (secondary N) is 4. The van der Waals surface area contributed by atoms with Gasteiger partial charge in [0.2, 0.25) is 35.7 Å². The highest BCUT2D eigenvalue weighted by Gasteiger charge is 2.24. The van der Waals surface area contributed by atoms with E-state index in [1.54, 1.807) is 60.7 Å². The van der Waals surface area contributed by atoms with E-state index < -0.39 is 30.0 Å². The van der Waals surface area contributed by atoms with Gasteiger partial charge < -0.3 is 51.5 Å². The summed E-state index contributed by atoms with van der Waals surface area (Å²) >= 11 is 0. The number of nitrogens with zero attached hydrogens (tertiary/aromatic N) is 8. The predicted octanol–water partition coefficient (Wildman–Crippen LogP) is 3.28. The number of aliphatic hydroxyl groups excluding tert-OH is 4. The number of aromatic nitrogens is 6. The Bertz CT molecular complexity index is 2580. The van der Waals surface area contributed by atoms with Crippen LogP contribution in [0.25, 0.3) is 12.2 Å². The van der Waals surface area contributed by atoms with Gasteiger partial charge in [-0.3, -0.25) is 9.11 Å². The molecule has 0 saturated heterocycles. The van der Waals surface area contributed by atoms with E-state index in [0.29, 0.717) is 11.4 Å². The number of aliphatic hydroxyl groups is 4. The van der Waals surface area contributed by atoms with Crippen molar-refractivity contribution in [2.45, 2.75) is 9.79 Å². The Balaban J connectivity index is 1.39. The van der Waals surface area contributed by atoms with Crippen LogP contribution in [-0.2, 0) is 20.2 Å². The molecule has 6 rings (SSSR count). The molecule has 4 aromatic carbocycles. The number of hydrogen-bond acceptors (Lipinski definition) is 20. The Labute approximate surface area is 367 Å². The molecule has 0 atom stereocenters. The molecule has 10 N–H and O–H groups in total. The van der Waals surface area contributed by atoms with Crippen LogP contribution < -0.4 is 31.1 Å². The van der Waals surface area contributed by atoms with Crippen molar-refractivity contribution in [3.63, 3.8) is 0 Å². The summed E-state index contributed by atoms with van der Waals surface area (Å²) in [6, 6.07) is 25.9. The lowest BCUT2D eigenvalue weighted by molar-refractivity contribution is 0.279. The molecule has 2 aromatic heterocycles. The zero-order chi connectivity index (χ0) is 45.7. The second-order valence-electron chi connectivity index (χ2n) is 13.4. The summed E-state index contributed by atoms with van der Waals surface area (Å²) in [5, 5.41) is 50.4. The van der Waals surface area contributed by atoms with Crippen LogP contribution in [0.2, 0.25) is 0 Å². The van der Waals surface area contributed by atoms with Crippen LogP contribution in [0.4, 0.5) is 58.4 Å². The summed E-state index contributed by atoms with van der Waals surface area (Å²) < 4.78 is 73.4. The Morgan fingerprint density at radius 3 is 1.08 bits per heavy atom. The van der Waals surface area contributed by atoms with E-state index in [-0.39, 0.29) is 111 Å². The van der Waals surface area contributed by atoms with Crippen LogP contribution >= 0.6 is 0 Å². The highest BCUT2D eigenvalue weighted by Crippen LogP contribution is 2.33. The van der Waals surface area contributed by atoms with Crippen molar-refractivity contribution in [2.24, 2.45) is 0 Å². The lowest BCUT2D eigenvalue weighted by Crippen LogP contribution is -2.31. The molecule has 22 nitrogen and oxygen atoms in total. The molecule has 336 valence electrons. The molecule has 0 fully saturated rings. The molecular formula is C40H44N12O10S2. The van der Waals surface area contributed by atoms with Crippen molar-refractivity contribution in [2.75, 3.05) is 83.7 Å². The normalized spacial score (nSPS) is 11.7. The zero-order valence-corrected chi connectivity index (χ0v) is 35.4. The van der Waals surface area contributed by atoms with Gasteiger partial charge in [-0.05, 0) is 47.5 Å². The van der Waals surface area contributed by atoms with E-state index in [2.05, 4.69) is 51.2 Å². The van der Waals surface area contributed by atoms with Crippen molar-refractivity contribution in [3.8, 4) is 0 Å². The molecule has 0 saturated carbocycles. The lowest BCUT2D eigenvalue weighted by Gasteiger charge is -2.22. The third-order valence-corrected chi connectivity index (χ3v) is 10.8. The highest BCUT2D eigenvalue weighted by molar-refractivity contribution is 7.86. The van der Waals surface area contributed by atoms with Crippen LogP contribution in [0, 0.1) is 0 Å². The van der Waals surface area contributed by atoms with Gasteiger partial charge in [0.25, 0.3) is 20.2 Å². The summed E-state index contributed by atoms with van der Waals surface area (Å²) in [5.41, 5.74) is 0.546. The van der Waals surface area contributed by atoms with E-state index in [4.69, 9.17) is 0 Å². The third kappa shape index (κ3) is 12.4. The molecule has 0 aliphatic carbocycles. The molecule has 2 heterocycles. The summed E-state index contributed by atoms with van der Waals surface area (Å²) in [4.78, 5) is 28.0. The number of rotatable bonds is 22. The van der Waals surface area contributed by atoms with Crippen molar-refractivity contribution >= 4 is 90.8 Å². The highest BCUT2D eigenvalue weighted by atomic mass is 32.2. The fraction of sp³-hybridized carbons (Fsp3) is 0.200. The molecule has 0 radical (unpaired) electrons. The molecule has 6 aromatic rings. The van der Waals surface area contributed by atoms with Crippen LogP contribution in [-0.4, -0.2) is 129 Å². The van der Waals surface area contributed by atoms with Gasteiger partial charge in [0.15, 0.2) is 0 Å². The fourth-order valence-electron chi connectivity index (χ4n) is 6.21. The summed E-state index contributed by atoms with van der Waals surface area (Å²) in [6.45, 7) is -1.11. The maximum absolute atomic E-state index is 13.1. The molecule has 0 aliphatic heterocycles. The van der Waals surface area contributed by atoms with E-state index in [1.165, 1.54) is 58.4 Å². The first kappa shape index (κ1) is 46.6. The van der Waals surface area contributed by atoms with E-state index in [9.17, 15) is 46.4 Å². The topological polar surface area (TPSA) is 322 Å². The van der Waals surface area contributed by atoms with E-state index in [1.807, 2.05) is 0 Å². The van der Waals surface area contributed by atoms with Gasteiger partial charge in [0, 0.05) is 37.6 Å². The first-order valence-corrected chi connectivity index (χ1v) is 22.2. The molecule has 0 bridgehead atoms. The van der Waals surface area contributed by atoms with Crippen LogP contribution in [0.15, 0.2) is 107 Å². The maximum Gasteiger partial charge on any atom is 0.297 e. The van der Waals surface area contributed by atoms with Gasteiger partial charge in [-0.1, -0.05) is 72.8 Å². The number of anilines is 10. The van der Waals surface area contributed by atoms with Crippen molar-refractivity contribution in [1.29, 1.82) is 0 Å². The minimum Gasteiger partial charge on any atom is -0.395 e. The van der Waals surface area contributed by atoms with Gasteiger partial charge in [0.1, 0.15) is 9.79 Å². The van der Waals surface area contributed by atoms with Crippen molar-refractivity contribution < 1.29 is 46.4 Å². The average molecular weight is 917 g/mol. The smallest absolute Gasteiger partial charge is 0.297 e. The number of benzene rings is 4. The Morgan fingerprint density at radius 1 is 0.438 bits per heavy atom. The molecule has 24 heteroatoms. The summed E-state index contributed by atoms with van der Waals surface area (Å²) in [6.07, 6.45) is 2.41.